The zero-order chi connectivity index (χ0) is 25.0. The standard InChI is InChI=1S/C29H32FN3O2/c1-28(2)23-7-6-21(15-25(23)33(3)27(28)35)20-4-5-22(24(30)14-20)12-19(16-31)13-26(34)29-10-8-18(9-11-29)17-32-29/h4-7,14-15,18-19,32H,8-13,17H2,1-3H3/t18?,19-,29?/m1/s1. The molecule has 1 N–H and O–H groups in total. The Hall–Kier alpha value is -3.04. The Morgan fingerprint density at radius 3 is 2.51 bits per heavy atom. The van der Waals surface area contributed by atoms with Crippen molar-refractivity contribution in [2.45, 2.75) is 63.3 Å². The number of fused-ring (bicyclic) bond motifs is 4. The summed E-state index contributed by atoms with van der Waals surface area (Å²) in [4.78, 5) is 27.4. The second kappa shape index (κ2) is 8.57. The lowest BCUT2D eigenvalue weighted by Crippen LogP contribution is -2.60. The van der Waals surface area contributed by atoms with Gasteiger partial charge in [0.05, 0.1) is 22.9 Å². The average Bonchev–Trinajstić information content (AvgIpc) is 3.05. The van der Waals surface area contributed by atoms with Crippen molar-refractivity contribution in [2.24, 2.45) is 11.8 Å². The smallest absolute Gasteiger partial charge is 0.236 e. The molecule has 6 rings (SSSR count). The Kier molecular flexibility index (Phi) is 5.80. The molecule has 3 aliphatic heterocycles. The first-order valence-electron chi connectivity index (χ1n) is 12.5. The number of benzene rings is 2. The van der Waals surface area contributed by atoms with Gasteiger partial charge < -0.3 is 10.2 Å². The van der Waals surface area contributed by atoms with Crippen LogP contribution in [0.5, 0.6) is 0 Å². The predicted molar refractivity (Wildman–Crippen MR) is 133 cm³/mol. The van der Waals surface area contributed by atoms with Crippen LogP contribution in [0, 0.1) is 29.0 Å². The van der Waals surface area contributed by atoms with Crippen LogP contribution in [0.4, 0.5) is 10.1 Å². The summed E-state index contributed by atoms with van der Waals surface area (Å²) in [6.07, 6.45) is 4.18. The molecule has 0 aromatic heterocycles. The number of nitriles is 1. The van der Waals surface area contributed by atoms with E-state index < -0.39 is 16.9 Å². The van der Waals surface area contributed by atoms with Gasteiger partial charge in [-0.15, -0.1) is 0 Å². The number of Topliss-reactive ketones (excluding diaryl/α,β-unsaturated/α-hetero) is 1. The quantitative estimate of drug-likeness (QED) is 0.646. The van der Waals surface area contributed by atoms with Crippen LogP contribution in [-0.2, 0) is 21.4 Å². The average molecular weight is 474 g/mol. The molecule has 1 saturated carbocycles. The molecule has 182 valence electrons. The van der Waals surface area contributed by atoms with Crippen molar-refractivity contribution < 1.29 is 14.0 Å². The molecule has 2 saturated heterocycles. The first-order valence-corrected chi connectivity index (χ1v) is 12.5. The highest BCUT2D eigenvalue weighted by atomic mass is 19.1. The number of nitrogens with one attached hydrogen (secondary N) is 1. The van der Waals surface area contributed by atoms with Gasteiger partial charge in [-0.05, 0) is 92.8 Å². The van der Waals surface area contributed by atoms with E-state index in [1.165, 1.54) is 6.07 Å². The van der Waals surface area contributed by atoms with Gasteiger partial charge in [-0.3, -0.25) is 9.59 Å². The Morgan fingerprint density at radius 2 is 1.89 bits per heavy atom. The van der Waals surface area contributed by atoms with Gasteiger partial charge in [0.25, 0.3) is 0 Å². The second-order valence-corrected chi connectivity index (χ2v) is 11.1. The normalized spacial score (nSPS) is 25.3. The number of carbonyl (C=O) groups is 2. The summed E-state index contributed by atoms with van der Waals surface area (Å²) in [5, 5.41) is 13.2. The fourth-order valence-electron chi connectivity index (χ4n) is 6.17. The van der Waals surface area contributed by atoms with Crippen LogP contribution >= 0.6 is 0 Å². The van der Waals surface area contributed by atoms with E-state index in [1.54, 1.807) is 18.0 Å². The van der Waals surface area contributed by atoms with Crippen LogP contribution in [0.3, 0.4) is 0 Å². The zero-order valence-corrected chi connectivity index (χ0v) is 20.7. The molecule has 35 heavy (non-hydrogen) atoms. The molecule has 1 aliphatic carbocycles. The summed E-state index contributed by atoms with van der Waals surface area (Å²) in [7, 11) is 1.76. The largest absolute Gasteiger partial charge is 0.314 e. The van der Waals surface area contributed by atoms with Crippen molar-refractivity contribution in [1.82, 2.24) is 5.32 Å². The number of piperidine rings is 2. The predicted octanol–water partition coefficient (Wildman–Crippen LogP) is 4.92. The first kappa shape index (κ1) is 23.7. The number of rotatable bonds is 6. The van der Waals surface area contributed by atoms with Crippen LogP contribution in [0.25, 0.3) is 11.1 Å². The van der Waals surface area contributed by atoms with Gasteiger partial charge in [-0.1, -0.05) is 24.3 Å². The Morgan fingerprint density at radius 1 is 1.20 bits per heavy atom. The molecule has 6 heteroatoms. The van der Waals surface area contributed by atoms with Crippen LogP contribution in [0.2, 0.25) is 0 Å². The van der Waals surface area contributed by atoms with Gasteiger partial charge in [0.2, 0.25) is 5.91 Å². The number of anilines is 1. The van der Waals surface area contributed by atoms with Gasteiger partial charge in [-0.25, -0.2) is 4.39 Å². The highest BCUT2D eigenvalue weighted by Gasteiger charge is 2.45. The second-order valence-electron chi connectivity index (χ2n) is 11.1. The van der Waals surface area contributed by atoms with Gasteiger partial charge >= 0.3 is 0 Å². The number of carbonyl (C=O) groups excluding carboxylic acids is 2. The number of amides is 1. The van der Waals surface area contributed by atoms with Gasteiger partial charge in [0, 0.05) is 19.2 Å². The SMILES string of the molecule is CN1C(=O)C(C)(C)c2ccc(-c3ccc(C[C@@H](C#N)CC(=O)C45CCC(CC4)CN5)c(F)c3)cc21. The molecular weight excluding hydrogens is 441 g/mol. The minimum atomic E-state index is -0.576. The molecule has 4 aliphatic rings. The molecule has 0 unspecified atom stereocenters. The maximum atomic E-state index is 15.1. The monoisotopic (exact) mass is 473 g/mol. The molecule has 2 aromatic carbocycles. The number of nitrogens with zero attached hydrogens (tertiary/aromatic N) is 2. The minimum absolute atomic E-state index is 0.0410. The van der Waals surface area contributed by atoms with Crippen molar-refractivity contribution in [3.63, 3.8) is 0 Å². The van der Waals surface area contributed by atoms with E-state index in [1.807, 2.05) is 38.1 Å². The topological polar surface area (TPSA) is 73.2 Å². The molecule has 5 nitrogen and oxygen atoms in total. The molecule has 0 spiro atoms. The van der Waals surface area contributed by atoms with Crippen molar-refractivity contribution >= 4 is 17.4 Å². The van der Waals surface area contributed by atoms with Crippen molar-refractivity contribution in [3.05, 3.63) is 53.3 Å². The molecule has 3 heterocycles. The molecular formula is C29H32FN3O2. The van der Waals surface area contributed by atoms with E-state index in [4.69, 9.17) is 0 Å². The molecule has 1 amide bonds. The van der Waals surface area contributed by atoms with Gasteiger partial charge in [-0.2, -0.15) is 5.26 Å². The van der Waals surface area contributed by atoms with Gasteiger partial charge in [0.1, 0.15) is 5.82 Å². The van der Waals surface area contributed by atoms with Crippen LogP contribution < -0.4 is 10.2 Å². The summed E-state index contributed by atoms with van der Waals surface area (Å²) < 4.78 is 15.1. The fourth-order valence-corrected chi connectivity index (χ4v) is 6.17. The van der Waals surface area contributed by atoms with E-state index in [0.717, 1.165) is 49.0 Å². The van der Waals surface area contributed by atoms with Crippen LogP contribution in [0.1, 0.15) is 57.1 Å². The highest BCUT2D eigenvalue weighted by Crippen LogP contribution is 2.43. The Bertz CT molecular complexity index is 1220. The molecule has 2 bridgehead atoms. The summed E-state index contributed by atoms with van der Waals surface area (Å²) in [5.41, 5.74) is 2.74. The summed E-state index contributed by atoms with van der Waals surface area (Å²) in [6, 6.07) is 13.1. The lowest BCUT2D eigenvalue weighted by Gasteiger charge is -2.46. The van der Waals surface area contributed by atoms with E-state index >= 15 is 4.39 Å². The number of ketones is 1. The zero-order valence-electron chi connectivity index (χ0n) is 20.7. The Balaban J connectivity index is 1.32. The van der Waals surface area contributed by atoms with Crippen LogP contribution in [0.15, 0.2) is 36.4 Å². The van der Waals surface area contributed by atoms with Crippen molar-refractivity contribution in [1.29, 1.82) is 5.26 Å². The fraction of sp³-hybridized carbons (Fsp3) is 0.483. The van der Waals surface area contributed by atoms with Crippen LogP contribution in [-0.4, -0.2) is 30.8 Å². The third kappa shape index (κ3) is 3.96. The van der Waals surface area contributed by atoms with Crippen molar-refractivity contribution in [3.8, 4) is 17.2 Å². The van der Waals surface area contributed by atoms with E-state index in [9.17, 15) is 14.9 Å². The van der Waals surface area contributed by atoms with Crippen molar-refractivity contribution in [2.75, 3.05) is 18.5 Å². The number of likely N-dealkylation sites (N-methyl/N-ethyl adjacent to an activating group) is 1. The number of hydrogen-bond donors (Lipinski definition) is 1. The van der Waals surface area contributed by atoms with E-state index in [2.05, 4.69) is 11.4 Å². The molecule has 3 fully saturated rings. The molecule has 0 radical (unpaired) electrons. The summed E-state index contributed by atoms with van der Waals surface area (Å²) >= 11 is 0. The van der Waals surface area contributed by atoms with E-state index in [-0.39, 0.29) is 30.3 Å². The summed E-state index contributed by atoms with van der Waals surface area (Å²) in [6.45, 7) is 4.71. The number of hydrogen-bond acceptors (Lipinski definition) is 4. The lowest BCUT2D eigenvalue weighted by atomic mass is 9.68. The first-order chi connectivity index (χ1) is 16.6. The maximum absolute atomic E-state index is 15.1. The molecule has 1 atom stereocenters. The maximum Gasteiger partial charge on any atom is 0.236 e. The molecule has 2 aromatic rings. The minimum Gasteiger partial charge on any atom is -0.314 e. The lowest BCUT2D eigenvalue weighted by molar-refractivity contribution is -0.129. The summed E-state index contributed by atoms with van der Waals surface area (Å²) in [5.74, 6) is -0.129. The number of halogens is 1. The third-order valence-corrected chi connectivity index (χ3v) is 8.56. The highest BCUT2D eigenvalue weighted by molar-refractivity contribution is 6.07. The third-order valence-electron chi connectivity index (χ3n) is 8.56. The van der Waals surface area contributed by atoms with Gasteiger partial charge in [0.15, 0.2) is 5.78 Å². The van der Waals surface area contributed by atoms with E-state index in [0.29, 0.717) is 17.0 Å². The Labute approximate surface area is 206 Å².